The van der Waals surface area contributed by atoms with Crippen molar-refractivity contribution in [1.29, 1.82) is 0 Å². The molecule has 1 aliphatic rings. The van der Waals surface area contributed by atoms with Crippen LogP contribution in [0.25, 0.3) is 0 Å². The number of aliphatic hydroxyl groups is 1. The van der Waals surface area contributed by atoms with Gasteiger partial charge in [0.15, 0.2) is 0 Å². The van der Waals surface area contributed by atoms with Gasteiger partial charge in [-0.05, 0) is 31.9 Å². The summed E-state index contributed by atoms with van der Waals surface area (Å²) in [4.78, 5) is 2.49. The summed E-state index contributed by atoms with van der Waals surface area (Å²) < 4.78 is 0. The molecule has 0 spiro atoms. The van der Waals surface area contributed by atoms with Crippen LogP contribution >= 0.6 is 0 Å². The second-order valence-electron chi connectivity index (χ2n) is 5.65. The molecule has 1 atom stereocenters. The Bertz CT molecular complexity index is 392. The van der Waals surface area contributed by atoms with Crippen LogP contribution in [-0.4, -0.2) is 36.2 Å². The predicted molar refractivity (Wildman–Crippen MR) is 74.5 cm³/mol. The minimum absolute atomic E-state index is 0.411. The molecule has 3 nitrogen and oxygen atoms in total. The lowest BCUT2D eigenvalue weighted by Gasteiger charge is -2.33. The average Bonchev–Trinajstić information content (AvgIpc) is 2.38. The average molecular weight is 248 g/mol. The maximum atomic E-state index is 10.1. The highest BCUT2D eigenvalue weighted by molar-refractivity contribution is 5.29. The molecule has 1 aliphatic heterocycles. The van der Waals surface area contributed by atoms with Crippen molar-refractivity contribution in [2.45, 2.75) is 32.4 Å². The van der Waals surface area contributed by atoms with Crippen molar-refractivity contribution < 1.29 is 5.11 Å². The molecule has 2 N–H and O–H groups in total. The maximum Gasteiger partial charge on any atom is 0.0840 e. The fraction of sp³-hybridized carbons (Fsp3) is 0.600. The number of nitrogens with zero attached hydrogens (tertiary/aromatic N) is 1. The van der Waals surface area contributed by atoms with E-state index >= 15 is 0 Å². The summed E-state index contributed by atoms with van der Waals surface area (Å²) in [5.74, 6) is 0. The van der Waals surface area contributed by atoms with E-state index in [2.05, 4.69) is 29.3 Å². The summed E-state index contributed by atoms with van der Waals surface area (Å²) in [6, 6.07) is 8.73. The van der Waals surface area contributed by atoms with Crippen LogP contribution < -0.4 is 5.32 Å². The van der Waals surface area contributed by atoms with E-state index in [1.54, 1.807) is 0 Å². The van der Waals surface area contributed by atoms with Gasteiger partial charge in [-0.15, -0.1) is 0 Å². The molecule has 100 valence electrons. The monoisotopic (exact) mass is 248 g/mol. The number of piperazine rings is 1. The zero-order chi connectivity index (χ0) is 13.2. The summed E-state index contributed by atoms with van der Waals surface area (Å²) in [5, 5.41) is 13.5. The smallest absolute Gasteiger partial charge is 0.0840 e. The fourth-order valence-corrected chi connectivity index (χ4v) is 2.46. The van der Waals surface area contributed by atoms with Crippen LogP contribution in [0.2, 0.25) is 0 Å². The van der Waals surface area contributed by atoms with E-state index in [1.165, 1.54) is 5.56 Å². The summed E-state index contributed by atoms with van der Waals surface area (Å²) in [6.07, 6.45) is 0. The van der Waals surface area contributed by atoms with Gasteiger partial charge in [-0.1, -0.05) is 24.3 Å². The highest BCUT2D eigenvalue weighted by Crippen LogP contribution is 2.26. The largest absolute Gasteiger partial charge is 0.386 e. The summed E-state index contributed by atoms with van der Waals surface area (Å²) in [6.45, 7) is 10.2. The van der Waals surface area contributed by atoms with Crippen LogP contribution in [0.3, 0.4) is 0 Å². The van der Waals surface area contributed by atoms with Crippen molar-refractivity contribution in [3.63, 3.8) is 0 Å². The van der Waals surface area contributed by atoms with E-state index in [0.29, 0.717) is 6.04 Å². The number of nitrogens with one attached hydrogen (secondary N) is 1. The van der Waals surface area contributed by atoms with Crippen molar-refractivity contribution in [2.75, 3.05) is 26.2 Å². The maximum absolute atomic E-state index is 10.1. The zero-order valence-electron chi connectivity index (χ0n) is 11.6. The molecule has 1 aromatic rings. The summed E-state index contributed by atoms with van der Waals surface area (Å²) in [5.41, 5.74) is 1.51. The zero-order valence-corrected chi connectivity index (χ0v) is 11.6. The van der Waals surface area contributed by atoms with Crippen molar-refractivity contribution in [1.82, 2.24) is 10.2 Å². The van der Waals surface area contributed by atoms with Crippen LogP contribution in [0.15, 0.2) is 24.3 Å². The number of rotatable bonds is 3. The Kier molecular flexibility index (Phi) is 4.05. The Morgan fingerprint density at radius 1 is 1.28 bits per heavy atom. The number of hydrogen-bond acceptors (Lipinski definition) is 3. The van der Waals surface area contributed by atoms with E-state index in [4.69, 9.17) is 0 Å². The summed E-state index contributed by atoms with van der Waals surface area (Å²) >= 11 is 0. The van der Waals surface area contributed by atoms with E-state index in [-0.39, 0.29) is 0 Å². The van der Waals surface area contributed by atoms with E-state index in [0.717, 1.165) is 31.7 Å². The van der Waals surface area contributed by atoms with Gasteiger partial charge < -0.3 is 10.4 Å². The minimum atomic E-state index is -0.765. The van der Waals surface area contributed by atoms with Gasteiger partial charge in [0.25, 0.3) is 0 Å². The lowest BCUT2D eigenvalue weighted by atomic mass is 9.94. The third kappa shape index (κ3) is 3.10. The van der Waals surface area contributed by atoms with Gasteiger partial charge in [0.2, 0.25) is 0 Å². The van der Waals surface area contributed by atoms with E-state index in [9.17, 15) is 5.11 Å². The molecule has 1 heterocycles. The fourth-order valence-electron chi connectivity index (χ4n) is 2.46. The van der Waals surface area contributed by atoms with Crippen LogP contribution in [0.4, 0.5) is 0 Å². The van der Waals surface area contributed by atoms with Crippen LogP contribution in [-0.2, 0) is 5.60 Å². The van der Waals surface area contributed by atoms with Gasteiger partial charge in [0, 0.05) is 32.2 Å². The van der Waals surface area contributed by atoms with Crippen molar-refractivity contribution >= 4 is 0 Å². The second-order valence-corrected chi connectivity index (χ2v) is 5.65. The SMILES string of the molecule is CC(c1cccc(C(C)(C)O)c1)N1CCNCC1. The Morgan fingerprint density at radius 2 is 1.94 bits per heavy atom. The van der Waals surface area contributed by atoms with Gasteiger partial charge in [-0.25, -0.2) is 0 Å². The number of benzene rings is 1. The number of hydrogen-bond donors (Lipinski definition) is 2. The molecule has 3 heteroatoms. The molecule has 18 heavy (non-hydrogen) atoms. The normalized spacial score (nSPS) is 19.8. The third-order valence-electron chi connectivity index (χ3n) is 3.77. The Morgan fingerprint density at radius 3 is 2.56 bits per heavy atom. The van der Waals surface area contributed by atoms with Crippen molar-refractivity contribution in [3.05, 3.63) is 35.4 Å². The lowest BCUT2D eigenvalue weighted by Crippen LogP contribution is -2.44. The first-order valence-corrected chi connectivity index (χ1v) is 6.76. The van der Waals surface area contributed by atoms with Crippen molar-refractivity contribution in [2.24, 2.45) is 0 Å². The first-order valence-electron chi connectivity index (χ1n) is 6.76. The highest BCUT2D eigenvalue weighted by atomic mass is 16.3. The van der Waals surface area contributed by atoms with Gasteiger partial charge >= 0.3 is 0 Å². The Balaban J connectivity index is 2.17. The predicted octanol–water partition coefficient (Wildman–Crippen LogP) is 1.88. The molecule has 0 saturated carbocycles. The molecule has 1 fully saturated rings. The molecular formula is C15H24N2O. The van der Waals surface area contributed by atoms with Crippen molar-refractivity contribution in [3.8, 4) is 0 Å². The first kappa shape index (κ1) is 13.5. The Labute approximate surface area is 110 Å². The van der Waals surface area contributed by atoms with Gasteiger partial charge in [-0.3, -0.25) is 4.90 Å². The third-order valence-corrected chi connectivity index (χ3v) is 3.77. The van der Waals surface area contributed by atoms with Gasteiger partial charge in [-0.2, -0.15) is 0 Å². The molecular weight excluding hydrogens is 224 g/mol. The van der Waals surface area contributed by atoms with Gasteiger partial charge in [0.1, 0.15) is 0 Å². The standard InChI is InChI=1S/C15H24N2O/c1-12(17-9-7-16-8-10-17)13-5-4-6-14(11-13)15(2,3)18/h4-6,11-12,16,18H,7-10H2,1-3H3. The van der Waals surface area contributed by atoms with Crippen LogP contribution in [0, 0.1) is 0 Å². The highest BCUT2D eigenvalue weighted by Gasteiger charge is 2.20. The topological polar surface area (TPSA) is 35.5 Å². The first-order chi connectivity index (χ1) is 8.48. The molecule has 0 bridgehead atoms. The quantitative estimate of drug-likeness (QED) is 0.857. The molecule has 0 radical (unpaired) electrons. The van der Waals surface area contributed by atoms with E-state index < -0.39 is 5.60 Å². The molecule has 0 aliphatic carbocycles. The molecule has 1 saturated heterocycles. The second kappa shape index (κ2) is 5.39. The van der Waals surface area contributed by atoms with E-state index in [1.807, 2.05) is 26.0 Å². The van der Waals surface area contributed by atoms with Crippen LogP contribution in [0.1, 0.15) is 37.9 Å². The Hall–Kier alpha value is -0.900. The molecule has 1 aromatic carbocycles. The van der Waals surface area contributed by atoms with Crippen LogP contribution in [0.5, 0.6) is 0 Å². The molecule has 2 rings (SSSR count). The molecule has 0 aromatic heterocycles. The molecule has 1 unspecified atom stereocenters. The van der Waals surface area contributed by atoms with Gasteiger partial charge in [0.05, 0.1) is 5.60 Å². The lowest BCUT2D eigenvalue weighted by molar-refractivity contribution is 0.0783. The molecule has 0 amide bonds. The summed E-state index contributed by atoms with van der Waals surface area (Å²) in [7, 11) is 0. The minimum Gasteiger partial charge on any atom is -0.386 e.